The zero-order valence-corrected chi connectivity index (χ0v) is 14.2. The van der Waals surface area contributed by atoms with E-state index in [0.717, 1.165) is 12.3 Å². The van der Waals surface area contributed by atoms with E-state index in [1.807, 2.05) is 0 Å². The van der Waals surface area contributed by atoms with Gasteiger partial charge in [0.1, 0.15) is 11.9 Å². The van der Waals surface area contributed by atoms with Crippen molar-refractivity contribution in [3.05, 3.63) is 58.8 Å². The lowest BCUT2D eigenvalue weighted by Crippen LogP contribution is -2.31. The monoisotopic (exact) mass is 389 g/mol. The van der Waals surface area contributed by atoms with Crippen LogP contribution in [0, 0.1) is 0 Å². The zero-order chi connectivity index (χ0) is 19.8. The molecule has 1 aromatic heterocycles. The molecule has 9 heteroatoms. The van der Waals surface area contributed by atoms with Crippen LogP contribution in [-0.2, 0) is 19.0 Å². The van der Waals surface area contributed by atoms with Gasteiger partial charge in [0.15, 0.2) is 0 Å². The molecule has 1 heterocycles. The number of aromatic nitrogens is 1. The van der Waals surface area contributed by atoms with E-state index >= 15 is 0 Å². The SMILES string of the molecule is CN[C@@H](c1ccc(NC2Cc3cccc(C(F)(F)F)c3C2)nc1)C(F)(F)F. The molecule has 0 amide bonds. The third kappa shape index (κ3) is 4.18. The number of hydrogen-bond acceptors (Lipinski definition) is 3. The van der Waals surface area contributed by atoms with Crippen LogP contribution in [0.25, 0.3) is 0 Å². The molecule has 3 rings (SSSR count). The van der Waals surface area contributed by atoms with Crippen molar-refractivity contribution in [1.29, 1.82) is 0 Å². The first-order chi connectivity index (χ1) is 12.6. The Labute approximate surface area is 151 Å². The summed E-state index contributed by atoms with van der Waals surface area (Å²) in [6.07, 6.45) is -7.19. The zero-order valence-electron chi connectivity index (χ0n) is 14.2. The van der Waals surface area contributed by atoms with Crippen molar-refractivity contribution < 1.29 is 26.3 Å². The van der Waals surface area contributed by atoms with Crippen LogP contribution in [0.1, 0.15) is 28.3 Å². The molecule has 146 valence electrons. The molecule has 2 atom stereocenters. The largest absolute Gasteiger partial charge is 0.416 e. The highest BCUT2D eigenvalue weighted by Crippen LogP contribution is 2.37. The van der Waals surface area contributed by atoms with Gasteiger partial charge in [0.05, 0.1) is 5.56 Å². The molecule has 3 nitrogen and oxygen atoms in total. The normalized spacial score (nSPS) is 18.3. The van der Waals surface area contributed by atoms with Crippen molar-refractivity contribution >= 4 is 5.82 Å². The molecule has 2 N–H and O–H groups in total. The van der Waals surface area contributed by atoms with Crippen molar-refractivity contribution in [2.45, 2.75) is 37.3 Å². The van der Waals surface area contributed by atoms with Gasteiger partial charge in [-0.1, -0.05) is 18.2 Å². The second-order valence-electron chi connectivity index (χ2n) is 6.43. The quantitative estimate of drug-likeness (QED) is 0.756. The summed E-state index contributed by atoms with van der Waals surface area (Å²) in [4.78, 5) is 3.99. The molecule has 0 aliphatic heterocycles. The van der Waals surface area contributed by atoms with E-state index in [0.29, 0.717) is 17.8 Å². The van der Waals surface area contributed by atoms with Crippen LogP contribution < -0.4 is 10.6 Å². The van der Waals surface area contributed by atoms with Gasteiger partial charge in [0.25, 0.3) is 0 Å². The minimum absolute atomic E-state index is 0.0374. The van der Waals surface area contributed by atoms with Gasteiger partial charge in [-0.2, -0.15) is 26.3 Å². The van der Waals surface area contributed by atoms with E-state index in [-0.39, 0.29) is 23.6 Å². The first-order valence-electron chi connectivity index (χ1n) is 8.24. The molecule has 27 heavy (non-hydrogen) atoms. The van der Waals surface area contributed by atoms with Crippen LogP contribution in [0.5, 0.6) is 0 Å². The Balaban J connectivity index is 1.72. The molecule has 1 unspecified atom stereocenters. The van der Waals surface area contributed by atoms with E-state index in [9.17, 15) is 26.3 Å². The summed E-state index contributed by atoms with van der Waals surface area (Å²) in [6.45, 7) is 0. The van der Waals surface area contributed by atoms with Crippen molar-refractivity contribution in [3.8, 4) is 0 Å². The van der Waals surface area contributed by atoms with Gasteiger partial charge in [-0.05, 0) is 48.7 Å². The number of fused-ring (bicyclic) bond motifs is 1. The summed E-state index contributed by atoms with van der Waals surface area (Å²) in [5.41, 5.74) is 0.192. The van der Waals surface area contributed by atoms with Crippen LogP contribution in [-0.4, -0.2) is 24.2 Å². The van der Waals surface area contributed by atoms with Crippen LogP contribution >= 0.6 is 0 Å². The number of halogens is 6. The van der Waals surface area contributed by atoms with Gasteiger partial charge in [0, 0.05) is 12.2 Å². The number of nitrogens with zero attached hydrogens (tertiary/aromatic N) is 1. The minimum atomic E-state index is -4.45. The summed E-state index contributed by atoms with van der Waals surface area (Å²) in [7, 11) is 1.21. The first kappa shape index (κ1) is 19.5. The van der Waals surface area contributed by atoms with Crippen molar-refractivity contribution in [2.75, 3.05) is 12.4 Å². The van der Waals surface area contributed by atoms with E-state index in [1.165, 1.54) is 25.2 Å². The van der Waals surface area contributed by atoms with Gasteiger partial charge in [0.2, 0.25) is 0 Å². The second-order valence-corrected chi connectivity index (χ2v) is 6.43. The highest BCUT2D eigenvalue weighted by molar-refractivity contribution is 5.46. The Morgan fingerprint density at radius 2 is 1.78 bits per heavy atom. The van der Waals surface area contributed by atoms with Crippen LogP contribution in [0.3, 0.4) is 0 Å². The lowest BCUT2D eigenvalue weighted by atomic mass is 10.0. The van der Waals surface area contributed by atoms with Gasteiger partial charge in [-0.25, -0.2) is 4.98 Å². The average molecular weight is 389 g/mol. The Kier molecular flexibility index (Phi) is 5.07. The summed E-state index contributed by atoms with van der Waals surface area (Å²) in [5.74, 6) is 0.321. The molecule has 1 aliphatic carbocycles. The molecule has 0 spiro atoms. The Hall–Kier alpha value is -2.29. The number of hydrogen-bond donors (Lipinski definition) is 2. The van der Waals surface area contributed by atoms with Crippen LogP contribution in [0.2, 0.25) is 0 Å². The van der Waals surface area contributed by atoms with E-state index in [1.54, 1.807) is 6.07 Å². The van der Waals surface area contributed by atoms with Gasteiger partial charge < -0.3 is 10.6 Å². The molecular formula is C18H17F6N3. The van der Waals surface area contributed by atoms with Gasteiger partial charge in [-0.3, -0.25) is 0 Å². The summed E-state index contributed by atoms with van der Waals surface area (Å²) >= 11 is 0. The Morgan fingerprint density at radius 1 is 1.04 bits per heavy atom. The van der Waals surface area contributed by atoms with E-state index < -0.39 is 24.0 Å². The summed E-state index contributed by atoms with van der Waals surface area (Å²) in [6, 6.07) is 4.67. The minimum Gasteiger partial charge on any atom is -0.367 e. The average Bonchev–Trinajstić information content (AvgIpc) is 2.97. The second kappa shape index (κ2) is 7.03. The predicted molar refractivity (Wildman–Crippen MR) is 88.4 cm³/mol. The molecule has 2 aromatic rings. The molecule has 1 aromatic carbocycles. The summed E-state index contributed by atoms with van der Waals surface area (Å²) in [5, 5.41) is 5.20. The number of rotatable bonds is 4. The summed E-state index contributed by atoms with van der Waals surface area (Å²) < 4.78 is 78.1. The standard InChI is InChI=1S/C18H17F6N3/c1-25-16(18(22,23)24)11-5-6-15(26-9-11)27-12-7-10-3-2-4-14(13(10)8-12)17(19,20)21/h2-6,9,12,16,25H,7-8H2,1H3,(H,26,27)/t12?,16-/m0/s1. The number of anilines is 1. The maximum Gasteiger partial charge on any atom is 0.416 e. The fraction of sp³-hybridized carbons (Fsp3) is 0.389. The van der Waals surface area contributed by atoms with Crippen molar-refractivity contribution in [2.24, 2.45) is 0 Å². The van der Waals surface area contributed by atoms with E-state index in [4.69, 9.17) is 0 Å². The number of pyridine rings is 1. The molecule has 0 saturated carbocycles. The Bertz CT molecular complexity index is 798. The lowest BCUT2D eigenvalue weighted by Gasteiger charge is -2.20. The van der Waals surface area contributed by atoms with Crippen molar-refractivity contribution in [3.63, 3.8) is 0 Å². The maximum absolute atomic E-state index is 13.1. The third-order valence-corrected chi connectivity index (χ3v) is 4.58. The van der Waals surface area contributed by atoms with Crippen LogP contribution in [0.4, 0.5) is 32.2 Å². The molecule has 0 bridgehead atoms. The van der Waals surface area contributed by atoms with Gasteiger partial charge in [-0.15, -0.1) is 0 Å². The fourth-order valence-electron chi connectivity index (χ4n) is 3.41. The van der Waals surface area contributed by atoms with E-state index in [2.05, 4.69) is 15.6 Å². The highest BCUT2D eigenvalue weighted by atomic mass is 19.4. The maximum atomic E-state index is 13.1. The topological polar surface area (TPSA) is 37.0 Å². The highest BCUT2D eigenvalue weighted by Gasteiger charge is 2.40. The number of alkyl halides is 6. The molecule has 0 fully saturated rings. The van der Waals surface area contributed by atoms with Crippen molar-refractivity contribution in [1.82, 2.24) is 10.3 Å². The lowest BCUT2D eigenvalue weighted by molar-refractivity contribution is -0.156. The Morgan fingerprint density at radius 3 is 2.33 bits per heavy atom. The number of benzene rings is 1. The molecule has 0 saturated heterocycles. The number of nitrogens with one attached hydrogen (secondary N) is 2. The van der Waals surface area contributed by atoms with Crippen LogP contribution in [0.15, 0.2) is 36.5 Å². The van der Waals surface area contributed by atoms with Gasteiger partial charge >= 0.3 is 12.4 Å². The predicted octanol–water partition coefficient (Wildman–Crippen LogP) is 4.50. The molecular weight excluding hydrogens is 372 g/mol. The molecule has 0 radical (unpaired) electrons. The fourth-order valence-corrected chi connectivity index (χ4v) is 3.41. The molecule has 1 aliphatic rings. The first-order valence-corrected chi connectivity index (χ1v) is 8.24. The smallest absolute Gasteiger partial charge is 0.367 e. The third-order valence-electron chi connectivity index (χ3n) is 4.58.